The first-order valence-electron chi connectivity index (χ1n) is 8.19. The maximum absolute atomic E-state index is 12.1. The van der Waals surface area contributed by atoms with E-state index >= 15 is 0 Å². The van der Waals surface area contributed by atoms with Gasteiger partial charge in [0.2, 0.25) is 0 Å². The Kier molecular flexibility index (Phi) is 5.90. The summed E-state index contributed by atoms with van der Waals surface area (Å²) in [5.74, 6) is -0.644. The number of ether oxygens (including phenoxy) is 1. The van der Waals surface area contributed by atoms with Gasteiger partial charge < -0.3 is 4.74 Å². The lowest BCUT2D eigenvalue weighted by molar-refractivity contribution is -0.274. The molecule has 0 N–H and O–H groups in total. The summed E-state index contributed by atoms with van der Waals surface area (Å²) in [4.78, 5) is 12.1. The molecular weight excluding hydrogens is 341 g/mol. The Hall–Kier alpha value is -2.56. The van der Waals surface area contributed by atoms with Crippen LogP contribution in [0, 0.1) is 5.41 Å². The molecule has 0 aromatic heterocycles. The normalized spacial score (nSPS) is 12.4. The van der Waals surface area contributed by atoms with Gasteiger partial charge in [-0.1, -0.05) is 51.1 Å². The molecule has 26 heavy (non-hydrogen) atoms. The van der Waals surface area contributed by atoms with Crippen molar-refractivity contribution in [3.63, 3.8) is 0 Å². The summed E-state index contributed by atoms with van der Waals surface area (Å²) < 4.78 is 40.2. The second-order valence-electron chi connectivity index (χ2n) is 7.25. The van der Waals surface area contributed by atoms with Gasteiger partial charge >= 0.3 is 6.36 Å². The molecule has 2 rings (SSSR count). The van der Waals surface area contributed by atoms with Crippen molar-refractivity contribution in [1.82, 2.24) is 0 Å². The number of ketones is 1. The van der Waals surface area contributed by atoms with E-state index in [-0.39, 0.29) is 16.9 Å². The maximum atomic E-state index is 12.1. The van der Waals surface area contributed by atoms with Gasteiger partial charge in [0, 0.05) is 5.56 Å². The van der Waals surface area contributed by atoms with Crippen LogP contribution in [0.25, 0.3) is 6.08 Å². The van der Waals surface area contributed by atoms with E-state index in [1.54, 1.807) is 6.08 Å². The number of rotatable bonds is 5. The van der Waals surface area contributed by atoms with Gasteiger partial charge in [-0.2, -0.15) is 0 Å². The summed E-state index contributed by atoms with van der Waals surface area (Å²) >= 11 is 0. The van der Waals surface area contributed by atoms with Crippen LogP contribution < -0.4 is 4.74 Å². The van der Waals surface area contributed by atoms with E-state index in [1.807, 2.05) is 24.3 Å². The van der Waals surface area contributed by atoms with Crippen molar-refractivity contribution >= 4 is 11.9 Å². The molecule has 0 fully saturated rings. The molecule has 2 nitrogen and oxygen atoms in total. The number of carbonyl (C=O) groups excluding carboxylic acids is 1. The fraction of sp³-hybridized carbons (Fsp3) is 0.286. The Balaban J connectivity index is 2.00. The quantitative estimate of drug-likeness (QED) is 0.477. The summed E-state index contributed by atoms with van der Waals surface area (Å²) in [5.41, 5.74) is 2.60. The van der Waals surface area contributed by atoms with Gasteiger partial charge in [-0.15, -0.1) is 13.2 Å². The van der Waals surface area contributed by atoms with Gasteiger partial charge in [0.25, 0.3) is 0 Å². The number of alkyl halides is 3. The largest absolute Gasteiger partial charge is 0.573 e. The first-order chi connectivity index (χ1) is 12.0. The molecule has 0 aliphatic carbocycles. The smallest absolute Gasteiger partial charge is 0.406 e. The Morgan fingerprint density at radius 1 is 0.962 bits per heavy atom. The fourth-order valence-corrected chi connectivity index (χ4v) is 2.45. The first-order valence-corrected chi connectivity index (χ1v) is 8.19. The van der Waals surface area contributed by atoms with Crippen molar-refractivity contribution < 1.29 is 22.7 Å². The minimum Gasteiger partial charge on any atom is -0.406 e. The lowest BCUT2D eigenvalue weighted by Gasteiger charge is -2.17. The van der Waals surface area contributed by atoms with Crippen LogP contribution in [0.2, 0.25) is 0 Å². The molecule has 0 amide bonds. The summed E-state index contributed by atoms with van der Waals surface area (Å²) in [5, 5.41) is 0. The highest BCUT2D eigenvalue weighted by Crippen LogP contribution is 2.23. The Bertz CT molecular complexity index is 765. The zero-order valence-electron chi connectivity index (χ0n) is 14.9. The number of benzene rings is 2. The number of allylic oxidation sites excluding steroid dienone is 1. The first kappa shape index (κ1) is 19.8. The number of hydrogen-bond donors (Lipinski definition) is 0. The summed E-state index contributed by atoms with van der Waals surface area (Å²) in [6, 6.07) is 12.8. The molecule has 0 unspecified atom stereocenters. The Labute approximate surface area is 151 Å². The summed E-state index contributed by atoms with van der Waals surface area (Å²) in [6.45, 7) is 6.51. The molecule has 0 bridgehead atoms. The third-order valence-electron chi connectivity index (χ3n) is 3.51. The molecular formula is C21H21F3O2. The number of carbonyl (C=O) groups is 1. The standard InChI is InChI=1S/C21H21F3O2/c1-20(2,3)14-16-6-4-15(5-7-16)8-13-19(25)17-9-11-18(12-10-17)26-21(22,23)24/h4-13H,14H2,1-3H3. The van der Waals surface area contributed by atoms with Crippen LogP contribution in [0.1, 0.15) is 42.3 Å². The van der Waals surface area contributed by atoms with Crippen LogP contribution in [-0.2, 0) is 6.42 Å². The van der Waals surface area contributed by atoms with Crippen molar-refractivity contribution in [2.75, 3.05) is 0 Å². The van der Waals surface area contributed by atoms with E-state index in [4.69, 9.17) is 0 Å². The van der Waals surface area contributed by atoms with E-state index in [0.717, 1.165) is 24.1 Å². The zero-order chi connectivity index (χ0) is 19.4. The Morgan fingerprint density at radius 3 is 2.04 bits per heavy atom. The highest BCUT2D eigenvalue weighted by Gasteiger charge is 2.31. The molecule has 0 spiro atoms. The molecule has 5 heteroatoms. The van der Waals surface area contributed by atoms with Crippen LogP contribution in [0.15, 0.2) is 54.6 Å². The zero-order valence-corrected chi connectivity index (χ0v) is 14.9. The second-order valence-corrected chi connectivity index (χ2v) is 7.25. The second kappa shape index (κ2) is 7.77. The molecule has 138 valence electrons. The third kappa shape index (κ3) is 6.75. The highest BCUT2D eigenvalue weighted by molar-refractivity contribution is 6.06. The molecule has 2 aromatic carbocycles. The van der Waals surface area contributed by atoms with Crippen molar-refractivity contribution in [2.24, 2.45) is 5.41 Å². The van der Waals surface area contributed by atoms with Crippen molar-refractivity contribution in [3.8, 4) is 5.75 Å². The van der Waals surface area contributed by atoms with E-state index in [1.165, 1.54) is 23.8 Å². The predicted molar refractivity (Wildman–Crippen MR) is 96.1 cm³/mol. The number of hydrogen-bond acceptors (Lipinski definition) is 2. The number of halogens is 3. The minimum absolute atomic E-state index is 0.204. The summed E-state index contributed by atoms with van der Waals surface area (Å²) in [7, 11) is 0. The van der Waals surface area contributed by atoms with Crippen molar-refractivity contribution in [1.29, 1.82) is 0 Å². The average Bonchev–Trinajstić information content (AvgIpc) is 2.51. The van der Waals surface area contributed by atoms with Crippen LogP contribution in [0.5, 0.6) is 5.75 Å². The van der Waals surface area contributed by atoms with Gasteiger partial charge in [0.05, 0.1) is 0 Å². The van der Waals surface area contributed by atoms with Gasteiger partial charge in [-0.25, -0.2) is 0 Å². The van der Waals surface area contributed by atoms with Gasteiger partial charge in [-0.3, -0.25) is 4.79 Å². The van der Waals surface area contributed by atoms with Gasteiger partial charge in [0.1, 0.15) is 5.75 Å². The average molecular weight is 362 g/mol. The SMILES string of the molecule is CC(C)(C)Cc1ccc(C=CC(=O)c2ccc(OC(F)(F)F)cc2)cc1. The molecule has 0 saturated carbocycles. The van der Waals surface area contributed by atoms with Crippen LogP contribution in [-0.4, -0.2) is 12.1 Å². The molecule has 0 atom stereocenters. The van der Waals surface area contributed by atoms with Crippen LogP contribution in [0.3, 0.4) is 0 Å². The molecule has 0 heterocycles. The fourth-order valence-electron chi connectivity index (χ4n) is 2.45. The monoisotopic (exact) mass is 362 g/mol. The molecule has 0 aliphatic rings. The highest BCUT2D eigenvalue weighted by atomic mass is 19.4. The molecule has 2 aromatic rings. The molecule has 0 saturated heterocycles. The topological polar surface area (TPSA) is 26.3 Å². The van der Waals surface area contributed by atoms with Crippen molar-refractivity contribution in [2.45, 2.75) is 33.6 Å². The molecule has 0 radical (unpaired) electrons. The summed E-state index contributed by atoms with van der Waals surface area (Å²) in [6.07, 6.45) is -0.700. The minimum atomic E-state index is -4.75. The molecule has 0 aliphatic heterocycles. The maximum Gasteiger partial charge on any atom is 0.573 e. The van der Waals surface area contributed by atoms with Gasteiger partial charge in [0.15, 0.2) is 5.78 Å². The third-order valence-corrected chi connectivity index (χ3v) is 3.51. The van der Waals surface area contributed by atoms with E-state index in [0.29, 0.717) is 5.56 Å². The van der Waals surface area contributed by atoms with E-state index in [2.05, 4.69) is 25.5 Å². The predicted octanol–water partition coefficient (Wildman–Crippen LogP) is 6.07. The van der Waals surface area contributed by atoms with Crippen LogP contribution in [0.4, 0.5) is 13.2 Å². The van der Waals surface area contributed by atoms with E-state index in [9.17, 15) is 18.0 Å². The Morgan fingerprint density at radius 2 is 1.54 bits per heavy atom. The van der Waals surface area contributed by atoms with Crippen LogP contribution >= 0.6 is 0 Å². The van der Waals surface area contributed by atoms with E-state index < -0.39 is 6.36 Å². The lowest BCUT2D eigenvalue weighted by atomic mass is 9.88. The van der Waals surface area contributed by atoms with Gasteiger partial charge in [-0.05, 0) is 53.3 Å². The van der Waals surface area contributed by atoms with Crippen molar-refractivity contribution in [3.05, 3.63) is 71.3 Å². The lowest BCUT2D eigenvalue weighted by Crippen LogP contribution is -2.17.